The summed E-state index contributed by atoms with van der Waals surface area (Å²) >= 11 is 0. The van der Waals surface area contributed by atoms with Crippen LogP contribution in [0.15, 0.2) is 24.8 Å². The number of H-pyrrole nitrogens is 1. The minimum absolute atomic E-state index is 0.0238. The summed E-state index contributed by atoms with van der Waals surface area (Å²) in [4.78, 5) is 14.4. The van der Waals surface area contributed by atoms with Crippen molar-refractivity contribution in [3.05, 3.63) is 24.8 Å². The average molecular weight is 162 g/mol. The van der Waals surface area contributed by atoms with Crippen LogP contribution in [0, 0.1) is 0 Å². The van der Waals surface area contributed by atoms with Crippen LogP contribution in [0.25, 0.3) is 11.5 Å². The Balaban J connectivity index is 2.45. The summed E-state index contributed by atoms with van der Waals surface area (Å²) in [6.45, 7) is 0. The maximum atomic E-state index is 8.95. The third kappa shape index (κ3) is 1.12. The maximum Gasteiger partial charge on any atom is 0.208 e. The van der Waals surface area contributed by atoms with E-state index in [1.807, 2.05) is 0 Å². The van der Waals surface area contributed by atoms with Crippen LogP contribution in [-0.2, 0) is 0 Å². The largest absolute Gasteiger partial charge is 0.493 e. The third-order valence-electron chi connectivity index (χ3n) is 1.37. The summed E-state index contributed by atoms with van der Waals surface area (Å²) in [7, 11) is 0. The van der Waals surface area contributed by atoms with E-state index in [1.54, 1.807) is 18.6 Å². The molecule has 0 saturated heterocycles. The van der Waals surface area contributed by atoms with Crippen molar-refractivity contribution in [2.24, 2.45) is 0 Å². The van der Waals surface area contributed by atoms with Gasteiger partial charge in [-0.2, -0.15) is 0 Å². The molecule has 0 aromatic carbocycles. The molecule has 0 aliphatic heterocycles. The van der Waals surface area contributed by atoms with E-state index in [-0.39, 0.29) is 5.88 Å². The van der Waals surface area contributed by atoms with Gasteiger partial charge in [0, 0.05) is 12.4 Å². The molecule has 0 bridgehead atoms. The molecule has 0 unspecified atom stereocenters. The summed E-state index contributed by atoms with van der Waals surface area (Å²) in [5.41, 5.74) is 0.609. The molecule has 12 heavy (non-hydrogen) atoms. The van der Waals surface area contributed by atoms with Gasteiger partial charge in [-0.3, -0.25) is 4.98 Å². The van der Waals surface area contributed by atoms with Crippen LogP contribution in [0.4, 0.5) is 0 Å². The van der Waals surface area contributed by atoms with Crippen LogP contribution in [-0.4, -0.2) is 25.0 Å². The zero-order valence-electron chi connectivity index (χ0n) is 6.10. The number of aromatic nitrogens is 4. The van der Waals surface area contributed by atoms with E-state index in [0.717, 1.165) is 0 Å². The van der Waals surface area contributed by atoms with Gasteiger partial charge in [-0.05, 0) is 0 Å². The first kappa shape index (κ1) is 6.78. The minimum atomic E-state index is 0.0238. The Labute approximate surface area is 68.2 Å². The molecular formula is C7H6N4O. The molecule has 60 valence electrons. The molecule has 2 heterocycles. The quantitative estimate of drug-likeness (QED) is 0.642. The molecule has 2 N–H and O–H groups in total. The van der Waals surface area contributed by atoms with Crippen LogP contribution in [0.5, 0.6) is 5.88 Å². The number of hydrogen-bond acceptors (Lipinski definition) is 4. The van der Waals surface area contributed by atoms with Crippen molar-refractivity contribution in [2.75, 3.05) is 0 Å². The number of hydrogen-bond donors (Lipinski definition) is 2. The van der Waals surface area contributed by atoms with Gasteiger partial charge in [0.15, 0.2) is 5.82 Å². The topological polar surface area (TPSA) is 74.7 Å². The Morgan fingerprint density at radius 1 is 1.17 bits per heavy atom. The molecule has 0 amide bonds. The van der Waals surface area contributed by atoms with Gasteiger partial charge in [0.05, 0.1) is 12.4 Å². The van der Waals surface area contributed by atoms with Crippen LogP contribution in [0.3, 0.4) is 0 Å². The van der Waals surface area contributed by atoms with Gasteiger partial charge in [0.1, 0.15) is 5.69 Å². The highest BCUT2D eigenvalue weighted by atomic mass is 16.3. The number of nitrogens with one attached hydrogen (secondary N) is 1. The Kier molecular flexibility index (Phi) is 1.48. The van der Waals surface area contributed by atoms with E-state index in [4.69, 9.17) is 5.11 Å². The third-order valence-corrected chi connectivity index (χ3v) is 1.37. The Bertz CT molecular complexity index is 370. The highest BCUT2D eigenvalue weighted by molar-refractivity contribution is 5.47. The van der Waals surface area contributed by atoms with Crippen molar-refractivity contribution in [3.63, 3.8) is 0 Å². The average Bonchev–Trinajstić information content (AvgIpc) is 2.54. The van der Waals surface area contributed by atoms with Crippen molar-refractivity contribution in [2.45, 2.75) is 0 Å². The van der Waals surface area contributed by atoms with E-state index in [2.05, 4.69) is 19.9 Å². The van der Waals surface area contributed by atoms with Crippen LogP contribution in [0.1, 0.15) is 0 Å². The predicted molar refractivity (Wildman–Crippen MR) is 41.3 cm³/mol. The van der Waals surface area contributed by atoms with Crippen molar-refractivity contribution >= 4 is 0 Å². The molecule has 0 aliphatic carbocycles. The number of aromatic amines is 1. The molecule has 0 aliphatic rings. The van der Waals surface area contributed by atoms with Crippen molar-refractivity contribution in [3.8, 4) is 17.4 Å². The van der Waals surface area contributed by atoms with E-state index < -0.39 is 0 Å². The van der Waals surface area contributed by atoms with Crippen molar-refractivity contribution in [1.82, 2.24) is 19.9 Å². The molecule has 2 rings (SSSR count). The molecule has 0 saturated carbocycles. The van der Waals surface area contributed by atoms with E-state index in [0.29, 0.717) is 11.5 Å². The highest BCUT2D eigenvalue weighted by Crippen LogP contribution is 2.13. The molecule has 0 spiro atoms. The lowest BCUT2D eigenvalue weighted by Gasteiger charge is -1.91. The van der Waals surface area contributed by atoms with Gasteiger partial charge >= 0.3 is 0 Å². The van der Waals surface area contributed by atoms with Crippen molar-refractivity contribution in [1.29, 1.82) is 0 Å². The van der Waals surface area contributed by atoms with Gasteiger partial charge in [-0.15, -0.1) is 0 Å². The van der Waals surface area contributed by atoms with Crippen LogP contribution in [0.2, 0.25) is 0 Å². The summed E-state index contributed by atoms with van der Waals surface area (Å²) in [6, 6.07) is 0. The second-order valence-electron chi connectivity index (χ2n) is 2.21. The Morgan fingerprint density at radius 2 is 2.08 bits per heavy atom. The molecule has 0 fully saturated rings. The SMILES string of the molecule is Oc1cnc(-c2cnccn2)[nH]1. The summed E-state index contributed by atoms with van der Waals surface area (Å²) < 4.78 is 0. The lowest BCUT2D eigenvalue weighted by Crippen LogP contribution is -1.85. The zero-order chi connectivity index (χ0) is 8.39. The molecule has 0 radical (unpaired) electrons. The minimum Gasteiger partial charge on any atom is -0.493 e. The fraction of sp³-hybridized carbons (Fsp3) is 0. The number of rotatable bonds is 1. The molecular weight excluding hydrogens is 156 g/mol. The van der Waals surface area contributed by atoms with Gasteiger partial charge in [0.2, 0.25) is 5.88 Å². The normalized spacial score (nSPS) is 10.0. The van der Waals surface area contributed by atoms with Crippen molar-refractivity contribution < 1.29 is 5.11 Å². The summed E-state index contributed by atoms with van der Waals surface area (Å²) in [5, 5.41) is 8.95. The van der Waals surface area contributed by atoms with E-state index >= 15 is 0 Å². The first-order chi connectivity index (χ1) is 5.86. The second-order valence-corrected chi connectivity index (χ2v) is 2.21. The summed E-state index contributed by atoms with van der Waals surface area (Å²) in [5.74, 6) is 0.538. The van der Waals surface area contributed by atoms with Gasteiger partial charge in [-0.25, -0.2) is 9.97 Å². The molecule has 2 aromatic heterocycles. The molecule has 0 atom stereocenters. The Morgan fingerprint density at radius 3 is 2.67 bits per heavy atom. The van der Waals surface area contributed by atoms with Gasteiger partial charge in [0.25, 0.3) is 0 Å². The first-order valence-electron chi connectivity index (χ1n) is 3.36. The molecule has 5 heteroatoms. The van der Waals surface area contributed by atoms with Gasteiger partial charge in [-0.1, -0.05) is 0 Å². The Hall–Kier alpha value is -1.91. The fourth-order valence-corrected chi connectivity index (χ4v) is 0.863. The van der Waals surface area contributed by atoms with E-state index in [9.17, 15) is 0 Å². The fourth-order valence-electron chi connectivity index (χ4n) is 0.863. The van der Waals surface area contributed by atoms with E-state index in [1.165, 1.54) is 6.20 Å². The lowest BCUT2D eigenvalue weighted by atomic mass is 10.4. The summed E-state index contributed by atoms with van der Waals surface area (Å²) in [6.07, 6.45) is 6.03. The van der Waals surface area contributed by atoms with Crippen LogP contribution >= 0.6 is 0 Å². The first-order valence-corrected chi connectivity index (χ1v) is 3.36. The molecule has 5 nitrogen and oxygen atoms in total. The lowest BCUT2D eigenvalue weighted by molar-refractivity contribution is 0.457. The van der Waals surface area contributed by atoms with Crippen LogP contribution < -0.4 is 0 Å². The highest BCUT2D eigenvalue weighted by Gasteiger charge is 2.02. The van der Waals surface area contributed by atoms with Gasteiger partial charge < -0.3 is 10.1 Å². The monoisotopic (exact) mass is 162 g/mol. The maximum absolute atomic E-state index is 8.95. The number of nitrogens with zero attached hydrogens (tertiary/aromatic N) is 3. The standard InChI is InChI=1S/C7H6N4O/c12-6-4-10-7(11-6)5-3-8-1-2-9-5/h1-4,12H,(H,10,11). The number of aromatic hydroxyl groups is 1. The zero-order valence-corrected chi connectivity index (χ0v) is 6.10. The second kappa shape index (κ2) is 2.61. The number of imidazole rings is 1. The predicted octanol–water partition coefficient (Wildman–Crippen LogP) is 0.572. The smallest absolute Gasteiger partial charge is 0.208 e. The molecule has 2 aromatic rings.